The van der Waals surface area contributed by atoms with E-state index in [9.17, 15) is 4.79 Å². The summed E-state index contributed by atoms with van der Waals surface area (Å²) in [5.74, 6) is 0.551. The van der Waals surface area contributed by atoms with Crippen LogP contribution in [0, 0.1) is 27.7 Å². The molecule has 24 heavy (non-hydrogen) atoms. The predicted octanol–water partition coefficient (Wildman–Crippen LogP) is 5.09. The molecule has 3 rings (SSSR count). The molecule has 1 heterocycles. The minimum atomic E-state index is -0.0131. The van der Waals surface area contributed by atoms with Crippen molar-refractivity contribution in [3.63, 3.8) is 0 Å². The van der Waals surface area contributed by atoms with Crippen LogP contribution < -0.4 is 10.2 Å². The molecule has 0 aliphatic carbocycles. The lowest BCUT2D eigenvalue weighted by atomic mass is 9.92. The smallest absolute Gasteiger partial charge is 0.197 e. The number of aromatic amines is 1. The average Bonchev–Trinajstić information content (AvgIpc) is 2.50. The van der Waals surface area contributed by atoms with Crippen molar-refractivity contribution in [2.75, 3.05) is 7.11 Å². The van der Waals surface area contributed by atoms with Crippen LogP contribution in [-0.4, -0.2) is 12.1 Å². The number of hydrogen-bond donors (Lipinski definition) is 1. The summed E-state index contributed by atoms with van der Waals surface area (Å²) in [6.07, 6.45) is 0. The molecule has 0 fully saturated rings. The molecule has 0 bridgehead atoms. The summed E-state index contributed by atoms with van der Waals surface area (Å²) in [7, 11) is 1.56. The van der Waals surface area contributed by atoms with Crippen LogP contribution in [0.2, 0.25) is 5.02 Å². The Kier molecular flexibility index (Phi) is 4.14. The summed E-state index contributed by atoms with van der Waals surface area (Å²) in [6.45, 7) is 8.07. The minimum absolute atomic E-state index is 0.0131. The summed E-state index contributed by atoms with van der Waals surface area (Å²) in [4.78, 5) is 16.5. The number of aromatic nitrogens is 1. The minimum Gasteiger partial charge on any atom is -0.495 e. The van der Waals surface area contributed by atoms with Gasteiger partial charge in [0, 0.05) is 22.7 Å². The topological polar surface area (TPSA) is 42.1 Å². The molecular formula is C20H20ClNO2. The third kappa shape index (κ3) is 2.59. The monoisotopic (exact) mass is 341 g/mol. The van der Waals surface area contributed by atoms with Crippen molar-refractivity contribution >= 4 is 22.5 Å². The van der Waals surface area contributed by atoms with E-state index >= 15 is 0 Å². The molecule has 1 aromatic heterocycles. The lowest BCUT2D eigenvalue weighted by Gasteiger charge is -2.15. The summed E-state index contributed by atoms with van der Waals surface area (Å²) < 4.78 is 5.25. The molecule has 0 aliphatic rings. The van der Waals surface area contributed by atoms with Gasteiger partial charge in [0.25, 0.3) is 0 Å². The fourth-order valence-electron chi connectivity index (χ4n) is 3.45. The normalized spacial score (nSPS) is 11.1. The van der Waals surface area contributed by atoms with Crippen molar-refractivity contribution in [3.05, 3.63) is 61.9 Å². The summed E-state index contributed by atoms with van der Waals surface area (Å²) >= 11 is 6.22. The molecule has 0 spiro atoms. The summed E-state index contributed by atoms with van der Waals surface area (Å²) in [5, 5.41) is 1.00. The van der Waals surface area contributed by atoms with Crippen LogP contribution in [0.4, 0.5) is 0 Å². The van der Waals surface area contributed by atoms with Crippen LogP contribution in [-0.2, 0) is 0 Å². The highest BCUT2D eigenvalue weighted by Gasteiger charge is 2.17. The number of ether oxygens (including phenoxy) is 1. The number of halogens is 1. The zero-order valence-electron chi connectivity index (χ0n) is 14.5. The Bertz CT molecular complexity index is 995. The molecule has 4 heteroatoms. The van der Waals surface area contributed by atoms with E-state index in [4.69, 9.17) is 16.3 Å². The Morgan fingerprint density at radius 1 is 0.958 bits per heavy atom. The molecule has 0 saturated carbocycles. The quantitative estimate of drug-likeness (QED) is 0.705. The van der Waals surface area contributed by atoms with Gasteiger partial charge < -0.3 is 9.72 Å². The van der Waals surface area contributed by atoms with E-state index in [-0.39, 0.29) is 5.43 Å². The van der Waals surface area contributed by atoms with E-state index < -0.39 is 0 Å². The first kappa shape index (κ1) is 16.6. The van der Waals surface area contributed by atoms with Gasteiger partial charge in [-0.25, -0.2) is 0 Å². The average molecular weight is 342 g/mol. The number of aryl methyl sites for hydroxylation is 4. The second-order valence-electron chi connectivity index (χ2n) is 6.26. The summed E-state index contributed by atoms with van der Waals surface area (Å²) in [5.41, 5.74) is 6.64. The van der Waals surface area contributed by atoms with Gasteiger partial charge in [0.05, 0.1) is 17.6 Å². The third-order valence-corrected chi connectivity index (χ3v) is 4.68. The number of H-pyrrole nitrogens is 1. The maximum Gasteiger partial charge on any atom is 0.197 e. The Balaban J connectivity index is 2.41. The second-order valence-corrected chi connectivity index (χ2v) is 6.67. The molecule has 0 amide bonds. The van der Waals surface area contributed by atoms with Crippen LogP contribution in [0.15, 0.2) is 29.1 Å². The van der Waals surface area contributed by atoms with Crippen LogP contribution in [0.25, 0.3) is 22.0 Å². The first-order chi connectivity index (χ1) is 11.3. The van der Waals surface area contributed by atoms with Gasteiger partial charge in [0.15, 0.2) is 5.43 Å². The molecule has 0 atom stereocenters. The molecular weight excluding hydrogens is 322 g/mol. The number of fused-ring (bicyclic) bond motifs is 1. The van der Waals surface area contributed by atoms with Crippen molar-refractivity contribution in [2.45, 2.75) is 27.7 Å². The number of pyridine rings is 1. The standard InChI is InChI=1S/C20H20ClNO2/c1-10-6-11(2)18(12(3)7-10)19-13(4)22-16-9-17(24-5)15(21)8-14(16)20(19)23/h6-9H,1-5H3,(H,22,23). The van der Waals surface area contributed by atoms with E-state index in [2.05, 4.69) is 24.0 Å². The first-order valence-corrected chi connectivity index (χ1v) is 8.19. The number of nitrogens with one attached hydrogen (secondary N) is 1. The Hall–Kier alpha value is -2.26. The molecule has 2 aromatic carbocycles. The Morgan fingerprint density at radius 2 is 1.58 bits per heavy atom. The van der Waals surface area contributed by atoms with Crippen LogP contribution >= 0.6 is 11.6 Å². The molecule has 1 N–H and O–H groups in total. The van der Waals surface area contributed by atoms with Gasteiger partial charge in [0.1, 0.15) is 5.75 Å². The molecule has 0 aliphatic heterocycles. The highest BCUT2D eigenvalue weighted by atomic mass is 35.5. The van der Waals surface area contributed by atoms with Gasteiger partial charge in [0.2, 0.25) is 0 Å². The van der Waals surface area contributed by atoms with Crippen molar-refractivity contribution in [1.82, 2.24) is 4.98 Å². The van der Waals surface area contributed by atoms with Gasteiger partial charge in [-0.15, -0.1) is 0 Å². The van der Waals surface area contributed by atoms with Gasteiger partial charge in [-0.05, 0) is 50.5 Å². The zero-order valence-corrected chi connectivity index (χ0v) is 15.3. The van der Waals surface area contributed by atoms with E-state index in [1.807, 2.05) is 20.8 Å². The van der Waals surface area contributed by atoms with Gasteiger partial charge >= 0.3 is 0 Å². The lowest BCUT2D eigenvalue weighted by Crippen LogP contribution is -2.11. The number of hydrogen-bond acceptors (Lipinski definition) is 2. The van der Waals surface area contributed by atoms with E-state index in [1.54, 1.807) is 19.2 Å². The van der Waals surface area contributed by atoms with Gasteiger partial charge in [-0.1, -0.05) is 29.3 Å². The fourth-order valence-corrected chi connectivity index (χ4v) is 3.69. The highest BCUT2D eigenvalue weighted by molar-refractivity contribution is 6.32. The SMILES string of the molecule is COc1cc2[nH]c(C)c(-c3c(C)cc(C)cc3C)c(=O)c2cc1Cl. The molecule has 124 valence electrons. The first-order valence-electron chi connectivity index (χ1n) is 7.81. The maximum atomic E-state index is 13.2. The van der Waals surface area contributed by atoms with Crippen molar-refractivity contribution in [2.24, 2.45) is 0 Å². The lowest BCUT2D eigenvalue weighted by molar-refractivity contribution is 0.415. The second kappa shape index (κ2) is 5.99. The molecule has 0 saturated heterocycles. The molecule has 0 unspecified atom stereocenters. The predicted molar refractivity (Wildman–Crippen MR) is 101 cm³/mol. The van der Waals surface area contributed by atoms with Crippen molar-refractivity contribution in [1.29, 1.82) is 0 Å². The largest absolute Gasteiger partial charge is 0.495 e. The van der Waals surface area contributed by atoms with E-state index in [1.165, 1.54) is 5.56 Å². The van der Waals surface area contributed by atoms with Crippen LogP contribution in [0.1, 0.15) is 22.4 Å². The van der Waals surface area contributed by atoms with Crippen LogP contribution in [0.5, 0.6) is 5.75 Å². The third-order valence-electron chi connectivity index (χ3n) is 4.39. The van der Waals surface area contributed by atoms with Gasteiger partial charge in [-0.2, -0.15) is 0 Å². The maximum absolute atomic E-state index is 13.2. The van der Waals surface area contributed by atoms with Crippen molar-refractivity contribution < 1.29 is 4.74 Å². The zero-order chi connectivity index (χ0) is 17.6. The Morgan fingerprint density at radius 3 is 2.17 bits per heavy atom. The Labute approximate surface area is 146 Å². The summed E-state index contributed by atoms with van der Waals surface area (Å²) in [6, 6.07) is 7.65. The van der Waals surface area contributed by atoms with E-state index in [0.717, 1.165) is 27.9 Å². The molecule has 0 radical (unpaired) electrons. The number of rotatable bonds is 2. The van der Waals surface area contributed by atoms with Gasteiger partial charge in [-0.3, -0.25) is 4.79 Å². The van der Waals surface area contributed by atoms with Crippen molar-refractivity contribution in [3.8, 4) is 16.9 Å². The molecule has 3 aromatic rings. The number of benzene rings is 2. The molecule has 3 nitrogen and oxygen atoms in total. The number of methoxy groups -OCH3 is 1. The fraction of sp³-hybridized carbons (Fsp3) is 0.250. The van der Waals surface area contributed by atoms with E-state index in [0.29, 0.717) is 21.7 Å². The highest BCUT2D eigenvalue weighted by Crippen LogP contribution is 2.32. The van der Waals surface area contributed by atoms with Crippen LogP contribution in [0.3, 0.4) is 0 Å².